The van der Waals surface area contributed by atoms with E-state index in [0.29, 0.717) is 17.4 Å². The molecule has 3 aromatic rings. The van der Waals surface area contributed by atoms with Gasteiger partial charge in [0.25, 0.3) is 5.91 Å². The lowest BCUT2D eigenvalue weighted by atomic mass is 9.73. The zero-order chi connectivity index (χ0) is 32.4. The Kier molecular flexibility index (Phi) is 12.6. The standard InChI is InChI=1S/C35H40ClN3O3S.C2H6/c1-35(2)18-17-32(26-6-10-29(36)11-7-26)28(23-35)24-38-19-21-39(22-20-38)30-12-8-27(9-13-30)34(42)37-43-31-14-3-25(4-15-31)5-16-33(40)41;1-2/h3-4,6-15H,5,16-24H2,1-2H3,(H,37,42)(H,40,41);1-2H3. The fraction of sp³-hybridized carbons (Fsp3) is 0.405. The number of nitrogens with zero attached hydrogens (tertiary/aromatic N) is 2. The van der Waals surface area contributed by atoms with Gasteiger partial charge in [0.05, 0.1) is 0 Å². The van der Waals surface area contributed by atoms with E-state index in [9.17, 15) is 9.59 Å². The van der Waals surface area contributed by atoms with Gasteiger partial charge in [-0.2, -0.15) is 0 Å². The summed E-state index contributed by atoms with van der Waals surface area (Å²) < 4.78 is 2.90. The van der Waals surface area contributed by atoms with Crippen molar-refractivity contribution in [3.8, 4) is 0 Å². The van der Waals surface area contributed by atoms with E-state index in [2.05, 4.69) is 40.5 Å². The Balaban J connectivity index is 0.00000226. The van der Waals surface area contributed by atoms with Gasteiger partial charge in [0.1, 0.15) is 0 Å². The van der Waals surface area contributed by atoms with Gasteiger partial charge in [-0.15, -0.1) is 0 Å². The van der Waals surface area contributed by atoms with Gasteiger partial charge in [-0.25, -0.2) is 0 Å². The maximum Gasteiger partial charge on any atom is 0.303 e. The lowest BCUT2D eigenvalue weighted by Crippen LogP contribution is -2.47. The van der Waals surface area contributed by atoms with Gasteiger partial charge in [-0.1, -0.05) is 69.1 Å². The summed E-state index contributed by atoms with van der Waals surface area (Å²) in [4.78, 5) is 29.4. The van der Waals surface area contributed by atoms with Crippen LogP contribution in [0.3, 0.4) is 0 Å². The number of aryl methyl sites for hydroxylation is 1. The highest BCUT2D eigenvalue weighted by Crippen LogP contribution is 2.42. The lowest BCUT2D eigenvalue weighted by molar-refractivity contribution is -0.136. The number of carboxylic acid groups (broad SMARTS) is 1. The zero-order valence-electron chi connectivity index (χ0n) is 26.9. The summed E-state index contributed by atoms with van der Waals surface area (Å²) in [6, 6.07) is 23.8. The molecule has 0 spiro atoms. The smallest absolute Gasteiger partial charge is 0.303 e. The van der Waals surface area contributed by atoms with Crippen LogP contribution in [0.2, 0.25) is 5.02 Å². The van der Waals surface area contributed by atoms with E-state index in [1.807, 2.05) is 74.5 Å². The van der Waals surface area contributed by atoms with Crippen molar-refractivity contribution in [2.75, 3.05) is 37.6 Å². The number of benzene rings is 3. The number of nitrogens with one attached hydrogen (secondary N) is 1. The van der Waals surface area contributed by atoms with Crippen molar-refractivity contribution in [2.24, 2.45) is 5.41 Å². The Labute approximate surface area is 278 Å². The summed E-state index contributed by atoms with van der Waals surface area (Å²) in [7, 11) is 0. The molecule has 240 valence electrons. The molecule has 3 aromatic carbocycles. The number of carbonyl (C=O) groups is 2. The van der Waals surface area contributed by atoms with E-state index < -0.39 is 5.97 Å². The van der Waals surface area contributed by atoms with Gasteiger partial charge in [-0.05, 0) is 108 Å². The van der Waals surface area contributed by atoms with Crippen LogP contribution in [0.4, 0.5) is 5.69 Å². The van der Waals surface area contributed by atoms with Gasteiger partial charge < -0.3 is 10.0 Å². The second-order valence-electron chi connectivity index (χ2n) is 12.3. The maximum atomic E-state index is 12.7. The second-order valence-corrected chi connectivity index (χ2v) is 13.6. The summed E-state index contributed by atoms with van der Waals surface area (Å²) in [6.07, 6.45) is 4.06. The van der Waals surface area contributed by atoms with Crippen LogP contribution in [-0.4, -0.2) is 54.6 Å². The maximum absolute atomic E-state index is 12.7. The van der Waals surface area contributed by atoms with Crippen molar-refractivity contribution < 1.29 is 14.7 Å². The molecule has 2 aliphatic rings. The number of aliphatic carboxylic acids is 1. The fourth-order valence-electron chi connectivity index (χ4n) is 5.96. The lowest BCUT2D eigenvalue weighted by Gasteiger charge is -2.39. The molecule has 1 aliphatic carbocycles. The molecule has 1 aliphatic heterocycles. The number of rotatable bonds is 10. The van der Waals surface area contributed by atoms with Gasteiger partial charge in [-0.3, -0.25) is 19.2 Å². The number of piperazine rings is 1. The van der Waals surface area contributed by atoms with Gasteiger partial charge in [0, 0.05) is 60.3 Å². The molecule has 45 heavy (non-hydrogen) atoms. The van der Waals surface area contributed by atoms with Crippen LogP contribution in [0.15, 0.2) is 83.3 Å². The van der Waals surface area contributed by atoms with Crippen LogP contribution < -0.4 is 9.62 Å². The van der Waals surface area contributed by atoms with E-state index in [4.69, 9.17) is 16.7 Å². The topological polar surface area (TPSA) is 72.9 Å². The molecule has 1 saturated heterocycles. The Bertz CT molecular complexity index is 1450. The van der Waals surface area contributed by atoms with Crippen molar-refractivity contribution in [2.45, 2.75) is 64.7 Å². The van der Waals surface area contributed by atoms with E-state index in [1.165, 1.54) is 29.5 Å². The number of amides is 1. The van der Waals surface area contributed by atoms with Crippen LogP contribution in [0, 0.1) is 5.41 Å². The molecule has 0 aromatic heterocycles. The molecule has 0 bridgehead atoms. The number of carboxylic acids is 1. The number of hydrogen-bond acceptors (Lipinski definition) is 5. The first-order valence-electron chi connectivity index (χ1n) is 16.0. The molecule has 1 amide bonds. The van der Waals surface area contributed by atoms with E-state index in [1.54, 1.807) is 5.57 Å². The molecular weight excluding hydrogens is 602 g/mol. The van der Waals surface area contributed by atoms with Crippen molar-refractivity contribution in [1.82, 2.24) is 9.62 Å². The minimum atomic E-state index is -0.806. The highest BCUT2D eigenvalue weighted by molar-refractivity contribution is 7.98. The van der Waals surface area contributed by atoms with Gasteiger partial charge in [0.15, 0.2) is 0 Å². The van der Waals surface area contributed by atoms with Crippen molar-refractivity contribution in [1.29, 1.82) is 0 Å². The van der Waals surface area contributed by atoms with Crippen molar-refractivity contribution >= 4 is 46.7 Å². The van der Waals surface area contributed by atoms with Gasteiger partial charge >= 0.3 is 5.97 Å². The van der Waals surface area contributed by atoms with Crippen LogP contribution >= 0.6 is 23.5 Å². The largest absolute Gasteiger partial charge is 0.481 e. The molecule has 8 heteroatoms. The number of halogens is 1. The van der Waals surface area contributed by atoms with E-state index in [0.717, 1.165) is 66.7 Å². The summed E-state index contributed by atoms with van der Waals surface area (Å²) in [5, 5.41) is 9.62. The molecule has 0 saturated carbocycles. The van der Waals surface area contributed by atoms with Crippen LogP contribution in [-0.2, 0) is 11.2 Å². The van der Waals surface area contributed by atoms with Crippen molar-refractivity contribution in [3.63, 3.8) is 0 Å². The summed E-state index contributed by atoms with van der Waals surface area (Å²) in [6.45, 7) is 13.7. The Morgan fingerprint density at radius 1 is 0.911 bits per heavy atom. The van der Waals surface area contributed by atoms with Crippen LogP contribution in [0.5, 0.6) is 0 Å². The third-order valence-corrected chi connectivity index (χ3v) is 9.50. The average Bonchev–Trinajstić information content (AvgIpc) is 3.05. The normalized spacial score (nSPS) is 16.5. The number of hydrogen-bond donors (Lipinski definition) is 2. The first kappa shape index (κ1) is 34.6. The average molecular weight is 648 g/mol. The summed E-state index contributed by atoms with van der Waals surface area (Å²) >= 11 is 7.43. The highest BCUT2D eigenvalue weighted by Gasteiger charge is 2.29. The number of anilines is 1. The van der Waals surface area contributed by atoms with Gasteiger partial charge in [0.2, 0.25) is 0 Å². The molecule has 6 nitrogen and oxygen atoms in total. The SMILES string of the molecule is CC.CC1(C)CCC(c2ccc(Cl)cc2)=C(CN2CCN(c3ccc(C(=O)NSc4ccc(CCC(=O)O)cc4)cc3)CC2)C1. The predicted molar refractivity (Wildman–Crippen MR) is 188 cm³/mol. The van der Waals surface area contributed by atoms with E-state index >= 15 is 0 Å². The second kappa shape index (κ2) is 16.3. The summed E-state index contributed by atoms with van der Waals surface area (Å²) in [5.74, 6) is -0.948. The van der Waals surface area contributed by atoms with Crippen molar-refractivity contribution in [3.05, 3.63) is 100 Å². The Morgan fingerprint density at radius 3 is 2.18 bits per heavy atom. The molecule has 1 fully saturated rings. The molecule has 0 radical (unpaired) electrons. The van der Waals surface area contributed by atoms with E-state index in [-0.39, 0.29) is 12.3 Å². The zero-order valence-corrected chi connectivity index (χ0v) is 28.5. The monoisotopic (exact) mass is 647 g/mol. The molecule has 0 unspecified atom stereocenters. The molecule has 0 atom stereocenters. The fourth-order valence-corrected chi connectivity index (χ4v) is 6.69. The molecule has 2 N–H and O–H groups in total. The summed E-state index contributed by atoms with van der Waals surface area (Å²) in [5.41, 5.74) is 7.42. The minimum absolute atomic E-state index is 0.109. The third kappa shape index (κ3) is 10.1. The highest BCUT2D eigenvalue weighted by atomic mass is 35.5. The first-order valence-corrected chi connectivity index (χ1v) is 17.2. The Hall–Kier alpha value is -3.26. The molecular formula is C37H46ClN3O3S. The minimum Gasteiger partial charge on any atom is -0.481 e. The molecule has 1 heterocycles. The number of carbonyl (C=O) groups excluding carboxylic acids is 1. The first-order chi connectivity index (χ1) is 21.6. The Morgan fingerprint density at radius 2 is 1.56 bits per heavy atom. The van der Waals surface area contributed by atoms with Crippen LogP contribution in [0.25, 0.3) is 5.57 Å². The predicted octanol–water partition coefficient (Wildman–Crippen LogP) is 8.61. The molecule has 5 rings (SSSR count). The quantitative estimate of drug-likeness (QED) is 0.215. The third-order valence-electron chi connectivity index (χ3n) is 8.46. The van der Waals surface area contributed by atoms with Crippen LogP contribution in [0.1, 0.15) is 74.9 Å². The number of allylic oxidation sites excluding steroid dienone is 1.